The van der Waals surface area contributed by atoms with Crippen molar-refractivity contribution in [3.05, 3.63) is 22.7 Å². The number of tetrazole rings is 1. The number of rotatable bonds is 2. The molecule has 0 saturated carbocycles. The van der Waals surface area contributed by atoms with Gasteiger partial charge in [-0.3, -0.25) is 4.57 Å². The predicted molar refractivity (Wildman–Crippen MR) is 56.7 cm³/mol. The molecule has 96 valence electrons. The van der Waals surface area contributed by atoms with Crippen LogP contribution in [0, 0.1) is 0 Å². The van der Waals surface area contributed by atoms with Gasteiger partial charge in [0.1, 0.15) is 12.3 Å². The summed E-state index contributed by atoms with van der Waals surface area (Å²) in [7, 11) is 0. The summed E-state index contributed by atoms with van der Waals surface area (Å²) in [4.78, 5) is 12.0. The van der Waals surface area contributed by atoms with Crippen molar-refractivity contribution in [2.75, 3.05) is 6.61 Å². The third-order valence-corrected chi connectivity index (χ3v) is 2.97. The maximum atomic E-state index is 12.0. The minimum absolute atomic E-state index is 0.235. The monoisotopic (exact) mass is 253 g/mol. The standard InChI is InChI=1S/C9H11N5O4/c15-4-6-5(16)3-8(18-6)13-2-1-7-10-11-12-14(7)9(13)17/h1-2,5-6,8,15-16H,3-4H2/t5-,6+,8+/m0/s1. The van der Waals surface area contributed by atoms with Gasteiger partial charge in [0.2, 0.25) is 0 Å². The van der Waals surface area contributed by atoms with Gasteiger partial charge in [-0.25, -0.2) is 4.79 Å². The molecule has 1 aliphatic heterocycles. The lowest BCUT2D eigenvalue weighted by Gasteiger charge is -2.14. The largest absolute Gasteiger partial charge is 0.394 e. The third-order valence-electron chi connectivity index (χ3n) is 2.97. The Kier molecular flexibility index (Phi) is 2.58. The van der Waals surface area contributed by atoms with E-state index in [9.17, 15) is 9.90 Å². The molecule has 2 aromatic heterocycles. The van der Waals surface area contributed by atoms with E-state index in [-0.39, 0.29) is 13.0 Å². The summed E-state index contributed by atoms with van der Waals surface area (Å²) in [5, 5.41) is 29.2. The van der Waals surface area contributed by atoms with Gasteiger partial charge in [0.25, 0.3) is 0 Å². The molecular weight excluding hydrogens is 242 g/mol. The van der Waals surface area contributed by atoms with E-state index in [1.54, 1.807) is 6.07 Å². The fraction of sp³-hybridized carbons (Fsp3) is 0.556. The van der Waals surface area contributed by atoms with Gasteiger partial charge < -0.3 is 14.9 Å². The van der Waals surface area contributed by atoms with Crippen molar-refractivity contribution in [1.29, 1.82) is 0 Å². The van der Waals surface area contributed by atoms with Crippen molar-refractivity contribution in [1.82, 2.24) is 24.6 Å². The van der Waals surface area contributed by atoms with Crippen LogP contribution in [-0.2, 0) is 4.74 Å². The number of ether oxygens (including phenoxy) is 1. The van der Waals surface area contributed by atoms with Crippen molar-refractivity contribution in [3.8, 4) is 0 Å². The highest BCUT2D eigenvalue weighted by molar-refractivity contribution is 5.31. The topological polar surface area (TPSA) is 115 Å². The zero-order valence-corrected chi connectivity index (χ0v) is 9.25. The Morgan fingerprint density at radius 1 is 1.56 bits per heavy atom. The molecule has 18 heavy (non-hydrogen) atoms. The number of fused-ring (bicyclic) bond motifs is 1. The first-order valence-electron chi connectivity index (χ1n) is 5.44. The number of hydrogen-bond acceptors (Lipinski definition) is 7. The Morgan fingerprint density at radius 3 is 3.11 bits per heavy atom. The maximum Gasteiger partial charge on any atom is 0.354 e. The number of hydrogen-bond donors (Lipinski definition) is 2. The lowest BCUT2D eigenvalue weighted by molar-refractivity contribution is -0.0460. The second-order valence-electron chi connectivity index (χ2n) is 4.07. The number of aliphatic hydroxyl groups excluding tert-OH is 2. The van der Waals surface area contributed by atoms with Crippen molar-refractivity contribution < 1.29 is 14.9 Å². The Labute approximate surface area is 100 Å². The van der Waals surface area contributed by atoms with Gasteiger partial charge in [0, 0.05) is 18.7 Å². The van der Waals surface area contributed by atoms with Crippen LogP contribution >= 0.6 is 0 Å². The molecule has 0 amide bonds. The lowest BCUT2D eigenvalue weighted by Crippen LogP contribution is -2.30. The lowest BCUT2D eigenvalue weighted by atomic mass is 10.2. The second kappa shape index (κ2) is 4.12. The highest BCUT2D eigenvalue weighted by atomic mass is 16.5. The molecule has 0 spiro atoms. The fourth-order valence-electron chi connectivity index (χ4n) is 2.02. The molecule has 2 N–H and O–H groups in total. The SMILES string of the molecule is O=c1n([C@H]2C[C@H](O)[C@@H](CO)O2)ccc2nnnn12. The van der Waals surface area contributed by atoms with Crippen LogP contribution in [0.1, 0.15) is 12.6 Å². The smallest absolute Gasteiger partial charge is 0.354 e. The van der Waals surface area contributed by atoms with Crippen LogP contribution in [0.4, 0.5) is 0 Å². The molecule has 0 aromatic carbocycles. The normalized spacial score (nSPS) is 28.0. The molecule has 0 unspecified atom stereocenters. The van der Waals surface area contributed by atoms with Crippen LogP contribution in [0.5, 0.6) is 0 Å². The van der Waals surface area contributed by atoms with E-state index in [1.165, 1.54) is 10.8 Å². The Bertz CT molecular complexity index is 623. The molecule has 2 aromatic rings. The second-order valence-corrected chi connectivity index (χ2v) is 4.07. The Hall–Kier alpha value is -1.84. The van der Waals surface area contributed by atoms with E-state index in [0.717, 1.165) is 4.52 Å². The van der Waals surface area contributed by atoms with Gasteiger partial charge in [-0.2, -0.15) is 0 Å². The third kappa shape index (κ3) is 1.60. The summed E-state index contributed by atoms with van der Waals surface area (Å²) in [6.07, 6.45) is -0.356. The summed E-state index contributed by atoms with van der Waals surface area (Å²) in [6.45, 7) is -0.292. The molecule has 1 saturated heterocycles. The van der Waals surface area contributed by atoms with E-state index >= 15 is 0 Å². The van der Waals surface area contributed by atoms with Crippen molar-refractivity contribution in [2.24, 2.45) is 0 Å². The molecule has 3 rings (SSSR count). The fourth-order valence-corrected chi connectivity index (χ4v) is 2.02. The summed E-state index contributed by atoms with van der Waals surface area (Å²) >= 11 is 0. The number of aliphatic hydroxyl groups is 2. The van der Waals surface area contributed by atoms with E-state index in [0.29, 0.717) is 5.65 Å². The molecular formula is C9H11N5O4. The minimum Gasteiger partial charge on any atom is -0.394 e. The van der Waals surface area contributed by atoms with E-state index in [4.69, 9.17) is 9.84 Å². The van der Waals surface area contributed by atoms with Crippen LogP contribution in [0.3, 0.4) is 0 Å². The van der Waals surface area contributed by atoms with E-state index in [2.05, 4.69) is 15.5 Å². The molecule has 9 nitrogen and oxygen atoms in total. The first kappa shape index (κ1) is 11.3. The first-order valence-corrected chi connectivity index (χ1v) is 5.44. The molecule has 9 heteroatoms. The Balaban J connectivity index is 2.00. The average Bonchev–Trinajstić information content (AvgIpc) is 2.96. The number of aromatic nitrogens is 5. The molecule has 3 heterocycles. The van der Waals surface area contributed by atoms with E-state index in [1.807, 2.05) is 0 Å². The van der Waals surface area contributed by atoms with E-state index < -0.39 is 24.1 Å². The van der Waals surface area contributed by atoms with Crippen LogP contribution in [0.2, 0.25) is 0 Å². The van der Waals surface area contributed by atoms with Crippen molar-refractivity contribution in [3.63, 3.8) is 0 Å². The quantitative estimate of drug-likeness (QED) is 0.631. The average molecular weight is 253 g/mol. The van der Waals surface area contributed by atoms with Crippen LogP contribution in [0.25, 0.3) is 5.65 Å². The van der Waals surface area contributed by atoms with Crippen LogP contribution in [-0.4, -0.2) is 53.6 Å². The molecule has 0 bridgehead atoms. The van der Waals surface area contributed by atoms with Gasteiger partial charge >= 0.3 is 5.69 Å². The van der Waals surface area contributed by atoms with Crippen LogP contribution < -0.4 is 5.69 Å². The zero-order chi connectivity index (χ0) is 12.7. The van der Waals surface area contributed by atoms with Crippen molar-refractivity contribution in [2.45, 2.75) is 24.9 Å². The van der Waals surface area contributed by atoms with Crippen LogP contribution in [0.15, 0.2) is 17.1 Å². The Morgan fingerprint density at radius 2 is 2.39 bits per heavy atom. The van der Waals surface area contributed by atoms with Gasteiger partial charge in [-0.05, 0) is 10.4 Å². The summed E-state index contributed by atoms with van der Waals surface area (Å²) in [5.74, 6) is 0. The molecule has 1 aliphatic rings. The molecule has 0 radical (unpaired) electrons. The summed E-state index contributed by atoms with van der Waals surface area (Å²) in [6, 6.07) is 1.57. The molecule has 0 aliphatic carbocycles. The van der Waals surface area contributed by atoms with Gasteiger partial charge in [0.05, 0.1) is 12.7 Å². The van der Waals surface area contributed by atoms with Gasteiger partial charge in [-0.1, -0.05) is 0 Å². The van der Waals surface area contributed by atoms with Gasteiger partial charge in [-0.15, -0.1) is 9.61 Å². The van der Waals surface area contributed by atoms with Crippen molar-refractivity contribution >= 4 is 5.65 Å². The predicted octanol–water partition coefficient (Wildman–Crippen LogP) is -2.07. The van der Waals surface area contributed by atoms with Gasteiger partial charge in [0.15, 0.2) is 5.65 Å². The summed E-state index contributed by atoms with van der Waals surface area (Å²) in [5.41, 5.74) is -0.109. The highest BCUT2D eigenvalue weighted by Gasteiger charge is 2.35. The zero-order valence-electron chi connectivity index (χ0n) is 9.25. The molecule has 1 fully saturated rings. The highest BCUT2D eigenvalue weighted by Crippen LogP contribution is 2.27. The first-order chi connectivity index (χ1) is 8.70. The summed E-state index contributed by atoms with van der Waals surface area (Å²) < 4.78 is 7.73. The number of nitrogens with zero attached hydrogens (tertiary/aromatic N) is 5. The molecule has 3 atom stereocenters. The maximum absolute atomic E-state index is 12.0. The minimum atomic E-state index is -0.795.